The summed E-state index contributed by atoms with van der Waals surface area (Å²) < 4.78 is 12.7. The van der Waals surface area contributed by atoms with Crippen LogP contribution in [0.5, 0.6) is 0 Å². The average molecular weight is 272 g/mol. The molecule has 0 radical (unpaired) electrons. The molecular formula is C13H15ClFNO2. The Balaban J connectivity index is 2.04. The van der Waals surface area contributed by atoms with Gasteiger partial charge in [-0.05, 0) is 18.4 Å². The zero-order chi connectivity index (χ0) is 13.2. The molecule has 1 atom stereocenters. The molecule has 1 aromatic rings. The van der Waals surface area contributed by atoms with E-state index in [1.54, 1.807) is 0 Å². The Labute approximate surface area is 110 Å². The Morgan fingerprint density at radius 2 is 1.89 bits per heavy atom. The number of nitrogens with zero attached hydrogens (tertiary/aromatic N) is 1. The second-order valence-electron chi connectivity index (χ2n) is 4.52. The minimum atomic E-state index is -1.99. The lowest BCUT2D eigenvalue weighted by Crippen LogP contribution is -2.46. The number of carbonyl (C=O) groups is 1. The van der Waals surface area contributed by atoms with Crippen molar-refractivity contribution in [2.24, 2.45) is 0 Å². The Morgan fingerprint density at radius 1 is 1.33 bits per heavy atom. The Bertz CT molecular complexity index is 416. The van der Waals surface area contributed by atoms with Crippen molar-refractivity contribution in [3.05, 3.63) is 35.9 Å². The first-order valence-corrected chi connectivity index (χ1v) is 6.31. The van der Waals surface area contributed by atoms with Crippen LogP contribution in [0, 0.1) is 0 Å². The van der Waals surface area contributed by atoms with Crippen molar-refractivity contribution in [1.82, 2.24) is 4.90 Å². The molecule has 18 heavy (non-hydrogen) atoms. The van der Waals surface area contributed by atoms with Crippen molar-refractivity contribution in [1.29, 1.82) is 0 Å². The van der Waals surface area contributed by atoms with Gasteiger partial charge in [0.25, 0.3) is 11.5 Å². The molecule has 0 aromatic heterocycles. The van der Waals surface area contributed by atoms with Crippen LogP contribution in [0.4, 0.5) is 4.39 Å². The fourth-order valence-corrected chi connectivity index (χ4v) is 2.41. The van der Waals surface area contributed by atoms with Gasteiger partial charge >= 0.3 is 0 Å². The standard InChI is InChI=1S/C13H15ClFNO2/c14-11(15)12(17)16-8-6-13(18,7-9-16)10-4-2-1-3-5-10/h1-5,11,18H,6-9H2. The molecule has 1 N–H and O–H groups in total. The van der Waals surface area contributed by atoms with Gasteiger partial charge in [0, 0.05) is 13.1 Å². The third-order valence-corrected chi connectivity index (χ3v) is 3.59. The molecule has 0 bridgehead atoms. The maximum atomic E-state index is 12.7. The smallest absolute Gasteiger partial charge is 0.272 e. The predicted octanol–water partition coefficient (Wildman–Crippen LogP) is 2.03. The molecule has 1 unspecified atom stereocenters. The number of aliphatic hydroxyl groups is 1. The molecule has 0 aliphatic carbocycles. The van der Waals surface area contributed by atoms with E-state index in [1.807, 2.05) is 30.3 Å². The van der Waals surface area contributed by atoms with Crippen LogP contribution in [0.25, 0.3) is 0 Å². The van der Waals surface area contributed by atoms with E-state index in [1.165, 1.54) is 4.90 Å². The zero-order valence-corrected chi connectivity index (χ0v) is 10.6. The highest BCUT2D eigenvalue weighted by Gasteiger charge is 2.36. The molecule has 1 saturated heterocycles. The van der Waals surface area contributed by atoms with Crippen LogP contribution < -0.4 is 0 Å². The molecule has 2 rings (SSSR count). The molecular weight excluding hydrogens is 257 g/mol. The normalized spacial score (nSPS) is 20.5. The van der Waals surface area contributed by atoms with Crippen molar-refractivity contribution in [3.8, 4) is 0 Å². The van der Waals surface area contributed by atoms with Gasteiger partial charge in [0.15, 0.2) is 0 Å². The molecule has 1 aromatic carbocycles. The second kappa shape index (κ2) is 5.24. The van der Waals surface area contributed by atoms with E-state index in [9.17, 15) is 14.3 Å². The molecule has 1 fully saturated rings. The fraction of sp³-hybridized carbons (Fsp3) is 0.462. The van der Waals surface area contributed by atoms with Crippen molar-refractivity contribution < 1.29 is 14.3 Å². The summed E-state index contributed by atoms with van der Waals surface area (Å²) in [6.45, 7) is 0.634. The van der Waals surface area contributed by atoms with Gasteiger partial charge in [-0.2, -0.15) is 0 Å². The number of halogens is 2. The van der Waals surface area contributed by atoms with E-state index < -0.39 is 17.1 Å². The number of likely N-dealkylation sites (tertiary alicyclic amines) is 1. The monoisotopic (exact) mass is 271 g/mol. The van der Waals surface area contributed by atoms with Crippen LogP contribution in [0.3, 0.4) is 0 Å². The van der Waals surface area contributed by atoms with Gasteiger partial charge in [0.05, 0.1) is 5.60 Å². The SMILES string of the molecule is O=C(C(F)Cl)N1CCC(O)(c2ccccc2)CC1. The summed E-state index contributed by atoms with van der Waals surface area (Å²) in [5.74, 6) is -0.716. The van der Waals surface area contributed by atoms with Crippen molar-refractivity contribution in [2.75, 3.05) is 13.1 Å². The number of amides is 1. The molecule has 1 heterocycles. The van der Waals surface area contributed by atoms with E-state index in [-0.39, 0.29) is 0 Å². The quantitative estimate of drug-likeness (QED) is 0.836. The van der Waals surface area contributed by atoms with Gasteiger partial charge in [-0.25, -0.2) is 4.39 Å². The van der Waals surface area contributed by atoms with Crippen LogP contribution in [0.1, 0.15) is 18.4 Å². The van der Waals surface area contributed by atoms with Crippen LogP contribution in [0.15, 0.2) is 30.3 Å². The molecule has 0 spiro atoms. The third-order valence-electron chi connectivity index (χ3n) is 3.40. The first-order chi connectivity index (χ1) is 8.53. The molecule has 1 aliphatic rings. The van der Waals surface area contributed by atoms with Crippen LogP contribution in [-0.4, -0.2) is 34.6 Å². The highest BCUT2D eigenvalue weighted by molar-refractivity contribution is 6.29. The number of hydrogen-bond donors (Lipinski definition) is 1. The van der Waals surface area contributed by atoms with Gasteiger partial charge in [-0.3, -0.25) is 4.79 Å². The second-order valence-corrected chi connectivity index (χ2v) is 4.91. The van der Waals surface area contributed by atoms with Gasteiger partial charge in [0.1, 0.15) is 0 Å². The number of rotatable bonds is 2. The highest BCUT2D eigenvalue weighted by Crippen LogP contribution is 2.32. The van der Waals surface area contributed by atoms with Gasteiger partial charge < -0.3 is 10.0 Å². The van der Waals surface area contributed by atoms with E-state index >= 15 is 0 Å². The minimum Gasteiger partial charge on any atom is -0.385 e. The Kier molecular flexibility index (Phi) is 3.88. The molecule has 1 aliphatic heterocycles. The third kappa shape index (κ3) is 2.65. The highest BCUT2D eigenvalue weighted by atomic mass is 35.5. The molecule has 5 heteroatoms. The van der Waals surface area contributed by atoms with E-state index in [0.29, 0.717) is 25.9 Å². The van der Waals surface area contributed by atoms with E-state index in [0.717, 1.165) is 5.56 Å². The van der Waals surface area contributed by atoms with Crippen LogP contribution in [-0.2, 0) is 10.4 Å². The minimum absolute atomic E-state index is 0.317. The van der Waals surface area contributed by atoms with Gasteiger partial charge in [-0.15, -0.1) is 0 Å². The largest absolute Gasteiger partial charge is 0.385 e. The Morgan fingerprint density at radius 3 is 2.39 bits per heavy atom. The topological polar surface area (TPSA) is 40.5 Å². The summed E-state index contributed by atoms with van der Waals surface area (Å²) in [5, 5.41) is 10.5. The maximum absolute atomic E-state index is 12.7. The van der Waals surface area contributed by atoms with Crippen LogP contribution >= 0.6 is 11.6 Å². The summed E-state index contributed by atoms with van der Waals surface area (Å²) in [6.07, 6.45) is 0.790. The maximum Gasteiger partial charge on any atom is 0.272 e. The summed E-state index contributed by atoms with van der Waals surface area (Å²) >= 11 is 5.13. The number of carbonyl (C=O) groups excluding carboxylic acids is 1. The molecule has 1 amide bonds. The van der Waals surface area contributed by atoms with Crippen LogP contribution in [0.2, 0.25) is 0 Å². The number of hydrogen-bond acceptors (Lipinski definition) is 2. The Hall–Kier alpha value is -1.13. The summed E-state index contributed by atoms with van der Waals surface area (Å²) in [4.78, 5) is 12.7. The molecule has 0 saturated carbocycles. The van der Waals surface area contributed by atoms with E-state index in [4.69, 9.17) is 11.6 Å². The summed E-state index contributed by atoms with van der Waals surface area (Å²) in [6, 6.07) is 9.32. The number of piperidine rings is 1. The number of alkyl halides is 2. The lowest BCUT2D eigenvalue weighted by atomic mass is 9.84. The van der Waals surface area contributed by atoms with Crippen molar-refractivity contribution in [2.45, 2.75) is 24.1 Å². The molecule has 3 nitrogen and oxygen atoms in total. The van der Waals surface area contributed by atoms with Gasteiger partial charge in [-0.1, -0.05) is 41.9 Å². The first kappa shape index (κ1) is 13.3. The fourth-order valence-electron chi connectivity index (χ4n) is 2.27. The van der Waals surface area contributed by atoms with Crippen molar-refractivity contribution >= 4 is 17.5 Å². The van der Waals surface area contributed by atoms with Crippen molar-refractivity contribution in [3.63, 3.8) is 0 Å². The zero-order valence-electron chi connectivity index (χ0n) is 9.85. The summed E-state index contributed by atoms with van der Waals surface area (Å²) in [7, 11) is 0. The summed E-state index contributed by atoms with van der Waals surface area (Å²) in [5.41, 5.74) is -2.09. The number of benzene rings is 1. The first-order valence-electron chi connectivity index (χ1n) is 5.88. The molecule has 98 valence electrons. The predicted molar refractivity (Wildman–Crippen MR) is 66.9 cm³/mol. The van der Waals surface area contributed by atoms with E-state index in [2.05, 4.69) is 0 Å². The lowest BCUT2D eigenvalue weighted by molar-refractivity contribution is -0.138. The van der Waals surface area contributed by atoms with Gasteiger partial charge in [0.2, 0.25) is 0 Å². The lowest BCUT2D eigenvalue weighted by Gasteiger charge is -2.38. The average Bonchev–Trinajstić information content (AvgIpc) is 2.40.